The topological polar surface area (TPSA) is 45.5 Å². The average molecular weight is 429 g/mol. The molecule has 1 saturated heterocycles. The van der Waals surface area contributed by atoms with Crippen molar-refractivity contribution in [1.82, 2.24) is 0 Å². The highest BCUT2D eigenvalue weighted by Gasteiger charge is 2.19. The molecular weight excluding hydrogens is 407 g/mol. The molecule has 0 saturated carbocycles. The van der Waals surface area contributed by atoms with Crippen molar-refractivity contribution in [3.63, 3.8) is 0 Å². The first-order valence-electron chi connectivity index (χ1n) is 9.75. The number of nitrogens with one attached hydrogen (secondary N) is 1. The third kappa shape index (κ3) is 4.29. The first kappa shape index (κ1) is 19.9. The first-order valence-corrected chi connectivity index (χ1v) is 10.5. The number of carbonyl (C=O) groups is 1. The molecule has 2 heterocycles. The van der Waals surface area contributed by atoms with E-state index in [-0.39, 0.29) is 11.7 Å². The van der Waals surface area contributed by atoms with Gasteiger partial charge < -0.3 is 14.6 Å². The maximum Gasteiger partial charge on any atom is 0.291 e. The van der Waals surface area contributed by atoms with Crippen LogP contribution in [0.25, 0.3) is 11.3 Å². The highest BCUT2D eigenvalue weighted by atomic mass is 35.5. The van der Waals surface area contributed by atoms with Crippen LogP contribution >= 0.6 is 23.2 Å². The second-order valence-corrected chi connectivity index (χ2v) is 8.09. The largest absolute Gasteiger partial charge is 0.451 e. The van der Waals surface area contributed by atoms with E-state index in [1.54, 1.807) is 30.3 Å². The van der Waals surface area contributed by atoms with Crippen molar-refractivity contribution in [2.75, 3.05) is 16.8 Å². The zero-order valence-corrected chi connectivity index (χ0v) is 17.6. The predicted octanol–water partition coefficient (Wildman–Crippen LogP) is 6.88. The molecule has 6 heteroatoms. The van der Waals surface area contributed by atoms with E-state index >= 15 is 0 Å². The summed E-state index contributed by atoms with van der Waals surface area (Å²) in [6, 6.07) is 17.1. The van der Waals surface area contributed by atoms with Gasteiger partial charge in [-0.05, 0) is 74.7 Å². The van der Waals surface area contributed by atoms with Crippen LogP contribution in [0, 0.1) is 0 Å². The molecule has 1 unspecified atom stereocenters. The number of nitrogens with zero attached hydrogens (tertiary/aromatic N) is 1. The highest BCUT2D eigenvalue weighted by molar-refractivity contribution is 6.43. The van der Waals surface area contributed by atoms with Crippen molar-refractivity contribution in [2.24, 2.45) is 0 Å². The minimum absolute atomic E-state index is 0.213. The van der Waals surface area contributed by atoms with Gasteiger partial charge in [0.15, 0.2) is 5.76 Å². The minimum atomic E-state index is -0.312. The molecule has 0 spiro atoms. The van der Waals surface area contributed by atoms with E-state index < -0.39 is 0 Å². The molecule has 1 atom stereocenters. The fourth-order valence-corrected chi connectivity index (χ4v) is 4.10. The van der Waals surface area contributed by atoms with Crippen LogP contribution in [0.2, 0.25) is 10.0 Å². The summed E-state index contributed by atoms with van der Waals surface area (Å²) in [5.41, 5.74) is 2.56. The van der Waals surface area contributed by atoms with E-state index in [1.807, 2.05) is 12.1 Å². The number of piperidine rings is 1. The van der Waals surface area contributed by atoms with Gasteiger partial charge in [-0.25, -0.2) is 0 Å². The van der Waals surface area contributed by atoms with Gasteiger partial charge in [-0.15, -0.1) is 0 Å². The van der Waals surface area contributed by atoms with E-state index in [2.05, 4.69) is 29.3 Å². The summed E-state index contributed by atoms with van der Waals surface area (Å²) in [5.74, 6) is 0.398. The van der Waals surface area contributed by atoms with Crippen LogP contribution in [-0.2, 0) is 0 Å². The SMILES string of the molecule is CC1CCCCN1c1ccc(NC(=O)c2ccc(-c3cccc(Cl)c3Cl)o2)cc1. The van der Waals surface area contributed by atoms with Gasteiger partial charge in [-0.3, -0.25) is 4.79 Å². The van der Waals surface area contributed by atoms with Crippen LogP contribution in [0.3, 0.4) is 0 Å². The molecule has 1 amide bonds. The van der Waals surface area contributed by atoms with Crippen molar-refractivity contribution in [3.05, 3.63) is 70.4 Å². The Hall–Kier alpha value is -2.43. The summed E-state index contributed by atoms with van der Waals surface area (Å²) >= 11 is 12.3. The molecule has 4 nitrogen and oxygen atoms in total. The summed E-state index contributed by atoms with van der Waals surface area (Å²) in [7, 11) is 0. The van der Waals surface area contributed by atoms with Gasteiger partial charge in [0.05, 0.1) is 10.0 Å². The van der Waals surface area contributed by atoms with Crippen LogP contribution in [0.5, 0.6) is 0 Å². The van der Waals surface area contributed by atoms with Crippen molar-refractivity contribution >= 4 is 40.5 Å². The van der Waals surface area contributed by atoms with Crippen LogP contribution in [0.1, 0.15) is 36.7 Å². The summed E-state index contributed by atoms with van der Waals surface area (Å²) in [5, 5.41) is 3.72. The van der Waals surface area contributed by atoms with Gasteiger partial charge in [0.1, 0.15) is 5.76 Å². The average Bonchev–Trinajstić information content (AvgIpc) is 3.21. The Morgan fingerprint density at radius 3 is 2.62 bits per heavy atom. The van der Waals surface area contributed by atoms with Crippen LogP contribution in [0.15, 0.2) is 59.0 Å². The van der Waals surface area contributed by atoms with Crippen molar-refractivity contribution in [1.29, 1.82) is 0 Å². The Morgan fingerprint density at radius 2 is 1.86 bits per heavy atom. The van der Waals surface area contributed by atoms with Crippen LogP contribution in [-0.4, -0.2) is 18.5 Å². The molecule has 0 aliphatic carbocycles. The maximum atomic E-state index is 12.6. The molecule has 150 valence electrons. The standard InChI is InChI=1S/C23H22Cl2N2O2/c1-15-5-2-3-14-27(15)17-10-8-16(9-11-17)26-23(28)21-13-12-20(29-21)18-6-4-7-19(24)22(18)25/h4,6-13,15H,2-3,5,14H2,1H3,(H,26,28). The van der Waals surface area contributed by atoms with Gasteiger partial charge in [0.25, 0.3) is 5.91 Å². The van der Waals surface area contributed by atoms with Crippen molar-refractivity contribution in [3.8, 4) is 11.3 Å². The number of carbonyl (C=O) groups excluding carboxylic acids is 1. The monoisotopic (exact) mass is 428 g/mol. The van der Waals surface area contributed by atoms with Crippen LogP contribution in [0.4, 0.5) is 11.4 Å². The number of anilines is 2. The first-order chi connectivity index (χ1) is 14.0. The minimum Gasteiger partial charge on any atom is -0.451 e. The maximum absolute atomic E-state index is 12.6. The van der Waals surface area contributed by atoms with E-state index in [1.165, 1.54) is 24.9 Å². The molecule has 1 N–H and O–H groups in total. The Kier molecular flexibility index (Phi) is 5.84. The normalized spacial score (nSPS) is 16.7. The number of benzene rings is 2. The quantitative estimate of drug-likeness (QED) is 0.492. The second-order valence-electron chi connectivity index (χ2n) is 7.30. The zero-order valence-electron chi connectivity index (χ0n) is 16.1. The Bertz CT molecular complexity index is 1010. The smallest absolute Gasteiger partial charge is 0.291 e. The lowest BCUT2D eigenvalue weighted by atomic mass is 10.0. The third-order valence-electron chi connectivity index (χ3n) is 5.31. The molecule has 2 aromatic carbocycles. The summed E-state index contributed by atoms with van der Waals surface area (Å²) < 4.78 is 5.71. The molecule has 1 aliphatic rings. The number of hydrogen-bond acceptors (Lipinski definition) is 3. The fourth-order valence-electron chi connectivity index (χ4n) is 3.71. The highest BCUT2D eigenvalue weighted by Crippen LogP contribution is 2.34. The van der Waals surface area contributed by atoms with Gasteiger partial charge in [-0.1, -0.05) is 29.3 Å². The number of rotatable bonds is 4. The van der Waals surface area contributed by atoms with E-state index in [9.17, 15) is 4.79 Å². The lowest BCUT2D eigenvalue weighted by Crippen LogP contribution is -2.37. The number of hydrogen-bond donors (Lipinski definition) is 1. The summed E-state index contributed by atoms with van der Waals surface area (Å²) in [6.07, 6.45) is 3.73. The molecule has 0 bridgehead atoms. The Balaban J connectivity index is 1.46. The molecule has 1 aliphatic heterocycles. The van der Waals surface area contributed by atoms with Gasteiger partial charge in [0.2, 0.25) is 0 Å². The van der Waals surface area contributed by atoms with E-state index in [0.29, 0.717) is 27.4 Å². The number of halogens is 2. The van der Waals surface area contributed by atoms with Crippen LogP contribution < -0.4 is 10.2 Å². The lowest BCUT2D eigenvalue weighted by molar-refractivity contribution is 0.0997. The van der Waals surface area contributed by atoms with Gasteiger partial charge in [0, 0.05) is 29.5 Å². The predicted molar refractivity (Wildman–Crippen MR) is 119 cm³/mol. The molecule has 4 rings (SSSR count). The molecular formula is C23H22Cl2N2O2. The van der Waals surface area contributed by atoms with E-state index in [0.717, 1.165) is 12.2 Å². The van der Waals surface area contributed by atoms with Gasteiger partial charge >= 0.3 is 0 Å². The number of amides is 1. The molecule has 1 aromatic heterocycles. The van der Waals surface area contributed by atoms with Crippen molar-refractivity contribution < 1.29 is 9.21 Å². The fraction of sp³-hybridized carbons (Fsp3) is 0.261. The Labute approximate surface area is 180 Å². The molecule has 0 radical (unpaired) electrons. The zero-order chi connectivity index (χ0) is 20.4. The van der Waals surface area contributed by atoms with Gasteiger partial charge in [-0.2, -0.15) is 0 Å². The molecule has 29 heavy (non-hydrogen) atoms. The molecule has 1 fully saturated rings. The number of furan rings is 1. The second kappa shape index (κ2) is 8.52. The molecule has 3 aromatic rings. The summed E-state index contributed by atoms with van der Waals surface area (Å²) in [6.45, 7) is 3.34. The lowest BCUT2D eigenvalue weighted by Gasteiger charge is -2.35. The third-order valence-corrected chi connectivity index (χ3v) is 6.13. The Morgan fingerprint density at radius 1 is 1.07 bits per heavy atom. The van der Waals surface area contributed by atoms with Crippen molar-refractivity contribution in [2.45, 2.75) is 32.2 Å². The van der Waals surface area contributed by atoms with E-state index in [4.69, 9.17) is 27.6 Å². The summed E-state index contributed by atoms with van der Waals surface area (Å²) in [4.78, 5) is 15.0.